The summed E-state index contributed by atoms with van der Waals surface area (Å²) in [5.74, 6) is 1.80. The summed E-state index contributed by atoms with van der Waals surface area (Å²) in [6, 6.07) is 1.76. The fourth-order valence-corrected chi connectivity index (χ4v) is 3.69. The minimum absolute atomic E-state index is 0.0461. The van der Waals surface area contributed by atoms with Crippen molar-refractivity contribution in [1.82, 2.24) is 14.9 Å². The van der Waals surface area contributed by atoms with E-state index in [1.165, 1.54) is 18.4 Å². The Kier molecular flexibility index (Phi) is 3.96. The van der Waals surface area contributed by atoms with Gasteiger partial charge < -0.3 is 14.2 Å². The lowest BCUT2D eigenvalue weighted by atomic mass is 10.1. The van der Waals surface area contributed by atoms with Crippen LogP contribution in [0.3, 0.4) is 0 Å². The minimum Gasteiger partial charge on any atom is -0.469 e. The number of carbonyl (C=O) groups excluding carboxylic acids is 1. The summed E-state index contributed by atoms with van der Waals surface area (Å²) in [6.45, 7) is 5.36. The molecule has 1 saturated heterocycles. The molecule has 4 rings (SSSR count). The highest BCUT2D eigenvalue weighted by Crippen LogP contribution is 2.27. The number of nitrogens with zero attached hydrogens (tertiary/aromatic N) is 4. The minimum atomic E-state index is 0.0461. The fourth-order valence-electron chi connectivity index (χ4n) is 3.69. The Morgan fingerprint density at radius 2 is 1.92 bits per heavy atom. The van der Waals surface area contributed by atoms with Gasteiger partial charge in [-0.25, -0.2) is 9.97 Å². The predicted octanol–water partition coefficient (Wildman–Crippen LogP) is 2.22. The molecule has 126 valence electrons. The summed E-state index contributed by atoms with van der Waals surface area (Å²) < 4.78 is 5.28. The molecule has 24 heavy (non-hydrogen) atoms. The van der Waals surface area contributed by atoms with Crippen molar-refractivity contribution in [2.24, 2.45) is 0 Å². The molecule has 6 heteroatoms. The van der Waals surface area contributed by atoms with Gasteiger partial charge in [0, 0.05) is 38.2 Å². The fraction of sp³-hybridized carbons (Fsp3) is 0.500. The van der Waals surface area contributed by atoms with Crippen molar-refractivity contribution < 1.29 is 9.21 Å². The van der Waals surface area contributed by atoms with Crippen LogP contribution in [0.2, 0.25) is 0 Å². The lowest BCUT2D eigenvalue weighted by molar-refractivity contribution is 0.0761. The highest BCUT2D eigenvalue weighted by Gasteiger charge is 2.26. The molecule has 0 aliphatic carbocycles. The lowest BCUT2D eigenvalue weighted by Gasteiger charge is -2.21. The average Bonchev–Trinajstić information content (AvgIpc) is 3.21. The number of hydrogen-bond donors (Lipinski definition) is 0. The highest BCUT2D eigenvalue weighted by molar-refractivity contribution is 5.95. The van der Waals surface area contributed by atoms with Crippen molar-refractivity contribution in [3.05, 3.63) is 41.2 Å². The van der Waals surface area contributed by atoms with E-state index in [4.69, 9.17) is 4.42 Å². The van der Waals surface area contributed by atoms with Crippen molar-refractivity contribution in [3.63, 3.8) is 0 Å². The van der Waals surface area contributed by atoms with E-state index in [1.54, 1.807) is 18.7 Å². The molecule has 0 spiro atoms. The molecule has 0 N–H and O–H groups in total. The van der Waals surface area contributed by atoms with Gasteiger partial charge in [-0.05, 0) is 32.3 Å². The first-order valence-electron chi connectivity index (χ1n) is 8.65. The van der Waals surface area contributed by atoms with Crippen molar-refractivity contribution in [3.8, 4) is 0 Å². The zero-order chi connectivity index (χ0) is 16.5. The van der Waals surface area contributed by atoms with E-state index in [2.05, 4.69) is 14.9 Å². The van der Waals surface area contributed by atoms with Gasteiger partial charge in [0.1, 0.15) is 17.9 Å². The quantitative estimate of drug-likeness (QED) is 0.847. The van der Waals surface area contributed by atoms with Crippen molar-refractivity contribution in [1.29, 1.82) is 0 Å². The van der Waals surface area contributed by atoms with Gasteiger partial charge in [-0.1, -0.05) is 0 Å². The van der Waals surface area contributed by atoms with E-state index in [-0.39, 0.29) is 5.91 Å². The van der Waals surface area contributed by atoms with Gasteiger partial charge in [0.2, 0.25) is 0 Å². The Morgan fingerprint density at radius 3 is 2.67 bits per heavy atom. The van der Waals surface area contributed by atoms with Gasteiger partial charge in [0.15, 0.2) is 0 Å². The molecule has 2 aliphatic rings. The second-order valence-electron chi connectivity index (χ2n) is 6.50. The number of aromatic nitrogens is 2. The lowest BCUT2D eigenvalue weighted by Crippen LogP contribution is -2.33. The number of anilines is 1. The van der Waals surface area contributed by atoms with Crippen LogP contribution in [0, 0.1) is 6.92 Å². The van der Waals surface area contributed by atoms with E-state index in [0.717, 1.165) is 37.4 Å². The van der Waals surface area contributed by atoms with Crippen LogP contribution in [0.5, 0.6) is 0 Å². The molecule has 0 bridgehead atoms. The van der Waals surface area contributed by atoms with Crippen LogP contribution in [-0.2, 0) is 12.8 Å². The summed E-state index contributed by atoms with van der Waals surface area (Å²) in [7, 11) is 0. The molecule has 6 nitrogen and oxygen atoms in total. The first-order valence-corrected chi connectivity index (χ1v) is 8.65. The van der Waals surface area contributed by atoms with Gasteiger partial charge in [-0.15, -0.1) is 0 Å². The molecule has 1 fully saturated rings. The number of carbonyl (C=O) groups is 1. The van der Waals surface area contributed by atoms with E-state index in [0.29, 0.717) is 24.4 Å². The summed E-state index contributed by atoms with van der Waals surface area (Å²) in [6.07, 6.45) is 7.29. The normalized spacial score (nSPS) is 17.7. The third kappa shape index (κ3) is 2.66. The molecule has 4 heterocycles. The van der Waals surface area contributed by atoms with E-state index < -0.39 is 0 Å². The van der Waals surface area contributed by atoms with Crippen LogP contribution in [0.1, 0.15) is 40.2 Å². The number of fused-ring (bicyclic) bond motifs is 1. The van der Waals surface area contributed by atoms with E-state index >= 15 is 0 Å². The van der Waals surface area contributed by atoms with Crippen LogP contribution < -0.4 is 4.90 Å². The largest absolute Gasteiger partial charge is 0.469 e. The summed E-state index contributed by atoms with van der Waals surface area (Å²) >= 11 is 0. The molecule has 0 radical (unpaired) electrons. The monoisotopic (exact) mass is 326 g/mol. The first kappa shape index (κ1) is 15.2. The van der Waals surface area contributed by atoms with Crippen LogP contribution in [0.15, 0.2) is 23.1 Å². The zero-order valence-corrected chi connectivity index (χ0v) is 14.0. The third-order valence-electron chi connectivity index (χ3n) is 5.04. The zero-order valence-electron chi connectivity index (χ0n) is 14.0. The van der Waals surface area contributed by atoms with Gasteiger partial charge in [-0.2, -0.15) is 0 Å². The van der Waals surface area contributed by atoms with Gasteiger partial charge in [0.05, 0.1) is 17.5 Å². The maximum absolute atomic E-state index is 12.7. The van der Waals surface area contributed by atoms with Crippen molar-refractivity contribution in [2.45, 2.75) is 32.6 Å². The van der Waals surface area contributed by atoms with Crippen LogP contribution >= 0.6 is 0 Å². The smallest absolute Gasteiger partial charge is 0.257 e. The van der Waals surface area contributed by atoms with E-state index in [9.17, 15) is 4.79 Å². The number of amides is 1. The third-order valence-corrected chi connectivity index (χ3v) is 5.04. The Morgan fingerprint density at radius 1 is 1.12 bits per heavy atom. The van der Waals surface area contributed by atoms with Gasteiger partial charge in [0.25, 0.3) is 5.91 Å². The molecule has 0 aromatic carbocycles. The standard InChI is InChI=1S/C18H22N4O2/c1-13-14(6-11-24-13)18(23)22-9-4-15-16(5-10-22)19-12-20-17(15)21-7-2-3-8-21/h6,11-12H,2-5,7-10H2,1H3. The second-order valence-corrected chi connectivity index (χ2v) is 6.50. The molecule has 2 aromatic heterocycles. The second kappa shape index (κ2) is 6.26. The molecule has 1 amide bonds. The summed E-state index contributed by atoms with van der Waals surface area (Å²) in [4.78, 5) is 26.1. The predicted molar refractivity (Wildman–Crippen MR) is 90.2 cm³/mol. The molecule has 0 saturated carbocycles. The number of hydrogen-bond acceptors (Lipinski definition) is 5. The van der Waals surface area contributed by atoms with Crippen LogP contribution in [-0.4, -0.2) is 47.0 Å². The van der Waals surface area contributed by atoms with Gasteiger partial charge >= 0.3 is 0 Å². The topological polar surface area (TPSA) is 62.5 Å². The molecule has 2 aliphatic heterocycles. The Hall–Kier alpha value is -2.37. The molecule has 0 unspecified atom stereocenters. The average molecular weight is 326 g/mol. The number of aryl methyl sites for hydroxylation is 1. The Bertz CT molecular complexity index is 749. The molecular formula is C18H22N4O2. The Labute approximate surface area is 141 Å². The molecule has 0 atom stereocenters. The first-order chi connectivity index (χ1) is 11.7. The summed E-state index contributed by atoms with van der Waals surface area (Å²) in [5.41, 5.74) is 2.97. The maximum Gasteiger partial charge on any atom is 0.257 e. The van der Waals surface area contributed by atoms with Crippen LogP contribution in [0.25, 0.3) is 0 Å². The highest BCUT2D eigenvalue weighted by atomic mass is 16.3. The SMILES string of the molecule is Cc1occc1C(=O)N1CCc2ncnc(N3CCCC3)c2CC1. The Balaban J connectivity index is 1.57. The number of rotatable bonds is 2. The number of furan rings is 1. The van der Waals surface area contributed by atoms with Gasteiger partial charge in [-0.3, -0.25) is 4.79 Å². The molecule has 2 aromatic rings. The molecular weight excluding hydrogens is 304 g/mol. The van der Waals surface area contributed by atoms with Crippen molar-refractivity contribution >= 4 is 11.7 Å². The van der Waals surface area contributed by atoms with Crippen molar-refractivity contribution in [2.75, 3.05) is 31.1 Å². The summed E-state index contributed by atoms with van der Waals surface area (Å²) in [5, 5.41) is 0. The van der Waals surface area contributed by atoms with E-state index in [1.807, 2.05) is 11.8 Å². The maximum atomic E-state index is 12.7. The van der Waals surface area contributed by atoms with Crippen LogP contribution in [0.4, 0.5) is 5.82 Å².